The molecule has 5 heteroatoms. The van der Waals surface area contributed by atoms with Crippen LogP contribution in [0.25, 0.3) is 0 Å². The van der Waals surface area contributed by atoms with Gasteiger partial charge in [-0.3, -0.25) is 9.78 Å². The van der Waals surface area contributed by atoms with E-state index in [0.717, 1.165) is 0 Å². The Kier molecular flexibility index (Phi) is 3.14. The molecule has 0 saturated heterocycles. The third kappa shape index (κ3) is 2.24. The molecule has 5 nitrogen and oxygen atoms in total. The molecular formula is C13H13N3O2. The Labute approximate surface area is 104 Å². The second-order valence-corrected chi connectivity index (χ2v) is 3.85. The van der Waals surface area contributed by atoms with Crippen LogP contribution in [-0.4, -0.2) is 23.0 Å². The molecule has 0 fully saturated rings. The molecule has 1 heterocycles. The Morgan fingerprint density at radius 2 is 2.17 bits per heavy atom. The number of phenolic OH excluding ortho intramolecular Hbond substituents is 1. The summed E-state index contributed by atoms with van der Waals surface area (Å²) in [5.41, 5.74) is 6.98. The third-order valence-corrected chi connectivity index (χ3v) is 2.61. The fourth-order valence-electron chi connectivity index (χ4n) is 1.58. The molecular weight excluding hydrogens is 230 g/mol. The highest BCUT2D eigenvalue weighted by Crippen LogP contribution is 2.22. The van der Waals surface area contributed by atoms with Crippen molar-refractivity contribution in [3.8, 4) is 5.75 Å². The minimum Gasteiger partial charge on any atom is -0.508 e. The molecule has 1 aromatic carbocycles. The van der Waals surface area contributed by atoms with Crippen molar-refractivity contribution in [3.05, 3.63) is 48.3 Å². The summed E-state index contributed by atoms with van der Waals surface area (Å²) in [6.07, 6.45) is 3.21. The van der Waals surface area contributed by atoms with E-state index >= 15 is 0 Å². The van der Waals surface area contributed by atoms with Crippen LogP contribution in [0.5, 0.6) is 5.75 Å². The van der Waals surface area contributed by atoms with Crippen LogP contribution in [0, 0.1) is 0 Å². The van der Waals surface area contributed by atoms with Gasteiger partial charge in [-0.25, -0.2) is 0 Å². The molecule has 0 aliphatic carbocycles. The highest BCUT2D eigenvalue weighted by atomic mass is 16.3. The van der Waals surface area contributed by atoms with E-state index in [-0.39, 0.29) is 17.2 Å². The molecule has 0 bridgehead atoms. The van der Waals surface area contributed by atoms with Gasteiger partial charge in [0.1, 0.15) is 5.75 Å². The third-order valence-electron chi connectivity index (χ3n) is 2.61. The lowest BCUT2D eigenvalue weighted by Gasteiger charge is -2.17. The quantitative estimate of drug-likeness (QED) is 0.620. The molecule has 18 heavy (non-hydrogen) atoms. The smallest absolute Gasteiger partial charge is 0.260 e. The molecule has 0 spiro atoms. The highest BCUT2D eigenvalue weighted by Gasteiger charge is 2.16. The number of rotatable bonds is 2. The zero-order valence-electron chi connectivity index (χ0n) is 9.87. The van der Waals surface area contributed by atoms with Crippen LogP contribution in [0.15, 0.2) is 42.7 Å². The normalized spacial score (nSPS) is 10.1. The number of pyridine rings is 1. The van der Waals surface area contributed by atoms with Crippen molar-refractivity contribution in [1.29, 1.82) is 0 Å². The lowest BCUT2D eigenvalue weighted by atomic mass is 10.1. The van der Waals surface area contributed by atoms with Gasteiger partial charge in [0.25, 0.3) is 5.91 Å². The number of carbonyl (C=O) groups is 1. The topological polar surface area (TPSA) is 79.5 Å². The maximum Gasteiger partial charge on any atom is 0.260 e. The average Bonchev–Trinajstić information content (AvgIpc) is 2.41. The standard InChI is InChI=1S/C13H13N3O2/c1-16(9-3-2-6-15-8-9)13(18)11-7-10(17)4-5-12(11)14/h2-8,17H,14H2,1H3. The highest BCUT2D eigenvalue weighted by molar-refractivity contribution is 6.09. The number of hydrogen-bond acceptors (Lipinski definition) is 4. The molecule has 0 saturated carbocycles. The molecule has 1 aromatic heterocycles. The van der Waals surface area contributed by atoms with Crippen molar-refractivity contribution in [1.82, 2.24) is 4.98 Å². The Hall–Kier alpha value is -2.56. The maximum atomic E-state index is 12.2. The molecule has 0 aliphatic heterocycles. The summed E-state index contributed by atoms with van der Waals surface area (Å²) >= 11 is 0. The van der Waals surface area contributed by atoms with Crippen LogP contribution < -0.4 is 10.6 Å². The van der Waals surface area contributed by atoms with Gasteiger partial charge >= 0.3 is 0 Å². The Morgan fingerprint density at radius 1 is 1.39 bits per heavy atom. The summed E-state index contributed by atoms with van der Waals surface area (Å²) in [6, 6.07) is 7.80. The summed E-state index contributed by atoms with van der Waals surface area (Å²) in [4.78, 5) is 17.6. The number of hydrogen-bond donors (Lipinski definition) is 2. The van der Waals surface area contributed by atoms with Crippen LogP contribution in [0.4, 0.5) is 11.4 Å². The second-order valence-electron chi connectivity index (χ2n) is 3.85. The van der Waals surface area contributed by atoms with E-state index in [1.54, 1.807) is 31.6 Å². The van der Waals surface area contributed by atoms with E-state index in [1.807, 2.05) is 0 Å². The van der Waals surface area contributed by atoms with Gasteiger partial charge < -0.3 is 15.7 Å². The number of nitrogen functional groups attached to an aromatic ring is 1. The number of anilines is 2. The van der Waals surface area contributed by atoms with Crippen molar-refractivity contribution >= 4 is 17.3 Å². The van der Waals surface area contributed by atoms with E-state index in [0.29, 0.717) is 11.4 Å². The summed E-state index contributed by atoms with van der Waals surface area (Å²) in [5, 5.41) is 9.40. The predicted octanol–water partition coefficient (Wildman–Crippen LogP) is 1.65. The summed E-state index contributed by atoms with van der Waals surface area (Å²) in [6.45, 7) is 0. The van der Waals surface area contributed by atoms with Crippen LogP contribution in [-0.2, 0) is 0 Å². The summed E-state index contributed by atoms with van der Waals surface area (Å²) in [5.74, 6) is -0.288. The monoisotopic (exact) mass is 243 g/mol. The van der Waals surface area contributed by atoms with E-state index < -0.39 is 0 Å². The number of nitrogens with two attached hydrogens (primary N) is 1. The molecule has 2 aromatic rings. The molecule has 92 valence electrons. The number of carbonyl (C=O) groups excluding carboxylic acids is 1. The zero-order chi connectivity index (χ0) is 13.1. The van der Waals surface area contributed by atoms with Crippen molar-refractivity contribution < 1.29 is 9.90 Å². The SMILES string of the molecule is CN(C(=O)c1cc(O)ccc1N)c1cccnc1. The van der Waals surface area contributed by atoms with Crippen LogP contribution in [0.2, 0.25) is 0 Å². The van der Waals surface area contributed by atoms with Gasteiger partial charge in [-0.05, 0) is 30.3 Å². The van der Waals surface area contributed by atoms with Gasteiger partial charge in [0, 0.05) is 18.9 Å². The fraction of sp³-hybridized carbons (Fsp3) is 0.0769. The Bertz CT molecular complexity index is 570. The minimum absolute atomic E-state index is 0.00661. The molecule has 0 atom stereocenters. The summed E-state index contributed by atoms with van der Waals surface area (Å²) < 4.78 is 0. The summed E-state index contributed by atoms with van der Waals surface area (Å²) in [7, 11) is 1.63. The first-order chi connectivity index (χ1) is 8.59. The number of aromatic nitrogens is 1. The van der Waals surface area contributed by atoms with Gasteiger partial charge in [-0.1, -0.05) is 0 Å². The first kappa shape index (κ1) is 11.9. The van der Waals surface area contributed by atoms with Crippen LogP contribution >= 0.6 is 0 Å². The van der Waals surface area contributed by atoms with Gasteiger partial charge in [-0.2, -0.15) is 0 Å². The first-order valence-electron chi connectivity index (χ1n) is 5.36. The molecule has 0 radical (unpaired) electrons. The van der Waals surface area contributed by atoms with Crippen molar-refractivity contribution in [2.24, 2.45) is 0 Å². The molecule has 1 amide bonds. The Morgan fingerprint density at radius 3 is 2.83 bits per heavy atom. The van der Waals surface area contributed by atoms with Gasteiger partial charge in [0.05, 0.1) is 17.4 Å². The number of amides is 1. The Balaban J connectivity index is 2.34. The van der Waals surface area contributed by atoms with Crippen LogP contribution in [0.1, 0.15) is 10.4 Å². The van der Waals surface area contributed by atoms with Crippen molar-refractivity contribution in [3.63, 3.8) is 0 Å². The van der Waals surface area contributed by atoms with E-state index in [1.165, 1.54) is 23.1 Å². The number of benzene rings is 1. The lowest BCUT2D eigenvalue weighted by Crippen LogP contribution is -2.27. The van der Waals surface area contributed by atoms with Gasteiger partial charge in [-0.15, -0.1) is 0 Å². The number of phenols is 1. The predicted molar refractivity (Wildman–Crippen MR) is 69.5 cm³/mol. The first-order valence-corrected chi connectivity index (χ1v) is 5.36. The van der Waals surface area contributed by atoms with Gasteiger partial charge in [0.15, 0.2) is 0 Å². The van der Waals surface area contributed by atoms with E-state index in [4.69, 9.17) is 5.73 Å². The van der Waals surface area contributed by atoms with Crippen molar-refractivity contribution in [2.45, 2.75) is 0 Å². The lowest BCUT2D eigenvalue weighted by molar-refractivity contribution is 0.0993. The van der Waals surface area contributed by atoms with E-state index in [9.17, 15) is 9.90 Å². The largest absolute Gasteiger partial charge is 0.508 e. The average molecular weight is 243 g/mol. The molecule has 3 N–H and O–H groups in total. The van der Waals surface area contributed by atoms with Gasteiger partial charge in [0.2, 0.25) is 0 Å². The fourth-order valence-corrected chi connectivity index (χ4v) is 1.58. The molecule has 2 rings (SSSR count). The van der Waals surface area contributed by atoms with Crippen LogP contribution in [0.3, 0.4) is 0 Å². The minimum atomic E-state index is -0.295. The molecule has 0 unspecified atom stereocenters. The maximum absolute atomic E-state index is 12.2. The molecule has 0 aliphatic rings. The number of nitrogens with zero attached hydrogens (tertiary/aromatic N) is 2. The number of aromatic hydroxyl groups is 1. The second kappa shape index (κ2) is 4.75. The van der Waals surface area contributed by atoms with Crippen molar-refractivity contribution in [2.75, 3.05) is 17.7 Å². The van der Waals surface area contributed by atoms with E-state index in [2.05, 4.69) is 4.98 Å². The zero-order valence-corrected chi connectivity index (χ0v) is 9.87.